The molecule has 122 valence electrons. The molecule has 2 saturated heterocycles. The SMILES string of the molecule is c1ccc2c(c1)C(=C1OCC(C3CCCCN3)O1)c1ccccc1-2. The van der Waals surface area contributed by atoms with Crippen LogP contribution >= 0.6 is 0 Å². The molecule has 3 aliphatic rings. The van der Waals surface area contributed by atoms with Crippen LogP contribution in [0.1, 0.15) is 30.4 Å². The monoisotopic (exact) mass is 319 g/mol. The third kappa shape index (κ3) is 2.15. The van der Waals surface area contributed by atoms with Gasteiger partial charge in [-0.25, -0.2) is 0 Å². The van der Waals surface area contributed by atoms with Crippen LogP contribution in [0.5, 0.6) is 0 Å². The van der Waals surface area contributed by atoms with Crippen molar-refractivity contribution < 1.29 is 9.47 Å². The van der Waals surface area contributed by atoms with E-state index in [2.05, 4.69) is 53.8 Å². The standard InChI is InChI=1S/C21H21NO2/c1-3-9-16-14(7-1)15-8-2-4-10-17(15)20(16)21-23-13-19(24-21)18-11-5-6-12-22-18/h1-4,7-10,18-19,22H,5-6,11-13H2. The van der Waals surface area contributed by atoms with E-state index >= 15 is 0 Å². The quantitative estimate of drug-likeness (QED) is 0.737. The van der Waals surface area contributed by atoms with Gasteiger partial charge in [0.15, 0.2) is 6.10 Å². The first-order valence-electron chi connectivity index (χ1n) is 8.88. The highest BCUT2D eigenvalue weighted by atomic mass is 16.7. The first kappa shape index (κ1) is 14.1. The molecule has 2 fully saturated rings. The third-order valence-corrected chi connectivity index (χ3v) is 5.32. The number of ether oxygens (including phenoxy) is 2. The van der Waals surface area contributed by atoms with Gasteiger partial charge in [-0.3, -0.25) is 0 Å². The van der Waals surface area contributed by atoms with Crippen molar-refractivity contribution in [2.75, 3.05) is 13.2 Å². The first-order chi connectivity index (χ1) is 11.9. The molecular formula is C21H21NO2. The van der Waals surface area contributed by atoms with Crippen molar-refractivity contribution in [3.63, 3.8) is 0 Å². The number of benzene rings is 2. The molecule has 5 rings (SSSR count). The molecule has 2 atom stereocenters. The van der Waals surface area contributed by atoms with Crippen molar-refractivity contribution in [2.24, 2.45) is 0 Å². The molecule has 0 saturated carbocycles. The Morgan fingerprint density at radius 1 is 0.833 bits per heavy atom. The van der Waals surface area contributed by atoms with Gasteiger partial charge in [-0.2, -0.15) is 0 Å². The Morgan fingerprint density at radius 3 is 2.12 bits per heavy atom. The average molecular weight is 319 g/mol. The molecule has 0 bridgehead atoms. The molecule has 2 unspecified atom stereocenters. The minimum Gasteiger partial charge on any atom is -0.461 e. The van der Waals surface area contributed by atoms with Gasteiger partial charge in [-0.1, -0.05) is 55.0 Å². The molecule has 3 heteroatoms. The van der Waals surface area contributed by atoms with Crippen molar-refractivity contribution in [3.05, 3.63) is 65.6 Å². The van der Waals surface area contributed by atoms with Crippen LogP contribution in [0.25, 0.3) is 16.7 Å². The molecule has 0 aromatic heterocycles. The Morgan fingerprint density at radius 2 is 1.50 bits per heavy atom. The maximum Gasteiger partial charge on any atom is 0.288 e. The number of nitrogens with one attached hydrogen (secondary N) is 1. The minimum atomic E-state index is 0.118. The predicted octanol–water partition coefficient (Wildman–Crippen LogP) is 3.94. The summed E-state index contributed by atoms with van der Waals surface area (Å²) >= 11 is 0. The second-order valence-electron chi connectivity index (χ2n) is 6.78. The van der Waals surface area contributed by atoms with Crippen molar-refractivity contribution in [1.82, 2.24) is 5.32 Å². The molecule has 24 heavy (non-hydrogen) atoms. The minimum absolute atomic E-state index is 0.118. The molecule has 0 radical (unpaired) electrons. The molecule has 0 spiro atoms. The highest BCUT2D eigenvalue weighted by molar-refractivity contribution is 6.01. The fourth-order valence-electron chi connectivity index (χ4n) is 4.13. The first-order valence-corrected chi connectivity index (χ1v) is 8.88. The van der Waals surface area contributed by atoms with E-state index in [-0.39, 0.29) is 6.10 Å². The van der Waals surface area contributed by atoms with Crippen LogP contribution in [0.3, 0.4) is 0 Å². The van der Waals surface area contributed by atoms with Crippen LogP contribution in [0, 0.1) is 0 Å². The maximum absolute atomic E-state index is 6.29. The zero-order valence-corrected chi connectivity index (χ0v) is 13.6. The Bertz CT molecular complexity index is 757. The maximum atomic E-state index is 6.29. The number of piperidine rings is 1. The van der Waals surface area contributed by atoms with Crippen LogP contribution < -0.4 is 5.32 Å². The smallest absolute Gasteiger partial charge is 0.288 e. The molecule has 0 amide bonds. The second-order valence-corrected chi connectivity index (χ2v) is 6.78. The summed E-state index contributed by atoms with van der Waals surface area (Å²) in [7, 11) is 0. The number of rotatable bonds is 1. The van der Waals surface area contributed by atoms with E-state index in [1.165, 1.54) is 41.5 Å². The van der Waals surface area contributed by atoms with Crippen molar-refractivity contribution in [2.45, 2.75) is 31.4 Å². The summed E-state index contributed by atoms with van der Waals surface area (Å²) < 4.78 is 12.3. The van der Waals surface area contributed by atoms with Gasteiger partial charge in [0.25, 0.3) is 5.95 Å². The molecule has 2 aromatic carbocycles. The van der Waals surface area contributed by atoms with Gasteiger partial charge in [-0.05, 0) is 41.6 Å². The summed E-state index contributed by atoms with van der Waals surface area (Å²) in [5.74, 6) is 0.699. The van der Waals surface area contributed by atoms with E-state index in [0.29, 0.717) is 18.6 Å². The van der Waals surface area contributed by atoms with E-state index in [1.807, 2.05) is 0 Å². The largest absolute Gasteiger partial charge is 0.461 e. The summed E-state index contributed by atoms with van der Waals surface area (Å²) in [4.78, 5) is 0. The molecule has 1 aliphatic carbocycles. The highest BCUT2D eigenvalue weighted by Crippen LogP contribution is 2.46. The molecule has 1 N–H and O–H groups in total. The van der Waals surface area contributed by atoms with Gasteiger partial charge in [0.1, 0.15) is 6.61 Å². The van der Waals surface area contributed by atoms with Gasteiger partial charge in [0.2, 0.25) is 0 Å². The molecular weight excluding hydrogens is 298 g/mol. The van der Waals surface area contributed by atoms with Gasteiger partial charge in [-0.15, -0.1) is 0 Å². The fourth-order valence-corrected chi connectivity index (χ4v) is 4.13. The average Bonchev–Trinajstić information content (AvgIpc) is 3.25. The number of fused-ring (bicyclic) bond motifs is 3. The lowest BCUT2D eigenvalue weighted by Gasteiger charge is -2.26. The summed E-state index contributed by atoms with van der Waals surface area (Å²) in [6.07, 6.45) is 3.82. The van der Waals surface area contributed by atoms with Gasteiger partial charge >= 0.3 is 0 Å². The number of hydrogen-bond donors (Lipinski definition) is 1. The number of hydrogen-bond acceptors (Lipinski definition) is 3. The van der Waals surface area contributed by atoms with Crippen LogP contribution in [-0.4, -0.2) is 25.3 Å². The molecule has 2 aromatic rings. The summed E-state index contributed by atoms with van der Waals surface area (Å²) in [5, 5.41) is 3.58. The second kappa shape index (κ2) is 5.67. The summed E-state index contributed by atoms with van der Waals surface area (Å²) in [5.41, 5.74) is 6.07. The predicted molar refractivity (Wildman–Crippen MR) is 94.4 cm³/mol. The van der Waals surface area contributed by atoms with Crippen LogP contribution in [-0.2, 0) is 9.47 Å². The topological polar surface area (TPSA) is 30.5 Å². The van der Waals surface area contributed by atoms with Gasteiger partial charge < -0.3 is 14.8 Å². The van der Waals surface area contributed by atoms with E-state index < -0.39 is 0 Å². The lowest BCUT2D eigenvalue weighted by atomic mass is 10.0. The Kier molecular flexibility index (Phi) is 3.34. The fraction of sp³-hybridized carbons (Fsp3) is 0.333. The van der Waals surface area contributed by atoms with E-state index in [1.54, 1.807) is 0 Å². The molecule has 2 heterocycles. The van der Waals surface area contributed by atoms with E-state index in [9.17, 15) is 0 Å². The Balaban J connectivity index is 1.55. The molecule has 2 aliphatic heterocycles. The van der Waals surface area contributed by atoms with Gasteiger partial charge in [0.05, 0.1) is 5.57 Å². The lowest BCUT2D eigenvalue weighted by Crippen LogP contribution is -2.44. The molecule has 3 nitrogen and oxygen atoms in total. The zero-order chi connectivity index (χ0) is 15.9. The van der Waals surface area contributed by atoms with Crippen LogP contribution in [0.4, 0.5) is 0 Å². The van der Waals surface area contributed by atoms with Crippen molar-refractivity contribution in [1.29, 1.82) is 0 Å². The van der Waals surface area contributed by atoms with Crippen molar-refractivity contribution in [3.8, 4) is 11.1 Å². The highest BCUT2D eigenvalue weighted by Gasteiger charge is 2.36. The van der Waals surface area contributed by atoms with Crippen LogP contribution in [0.15, 0.2) is 54.5 Å². The summed E-state index contributed by atoms with van der Waals surface area (Å²) in [6, 6.07) is 17.4. The zero-order valence-electron chi connectivity index (χ0n) is 13.6. The third-order valence-electron chi connectivity index (χ3n) is 5.32. The Hall–Kier alpha value is -2.26. The Labute approximate surface area is 142 Å². The van der Waals surface area contributed by atoms with Crippen molar-refractivity contribution >= 4 is 5.57 Å². The van der Waals surface area contributed by atoms with E-state index in [0.717, 1.165) is 12.1 Å². The van der Waals surface area contributed by atoms with Gasteiger partial charge in [0, 0.05) is 6.04 Å². The van der Waals surface area contributed by atoms with E-state index in [4.69, 9.17) is 9.47 Å². The van der Waals surface area contributed by atoms with Crippen LogP contribution in [0.2, 0.25) is 0 Å². The lowest BCUT2D eigenvalue weighted by molar-refractivity contribution is 0.108. The summed E-state index contributed by atoms with van der Waals surface area (Å²) in [6.45, 7) is 1.73. The normalized spacial score (nSPS) is 25.0.